The van der Waals surface area contributed by atoms with Crippen LogP contribution in [0, 0.1) is 0 Å². The van der Waals surface area contributed by atoms with Gasteiger partial charge in [-0.1, -0.05) is 24.3 Å². The Hall–Kier alpha value is -2.29. The number of aliphatic imine (C=N–C) groups is 1. The van der Waals surface area contributed by atoms with Gasteiger partial charge in [-0.25, -0.2) is 4.98 Å². The van der Waals surface area contributed by atoms with Crippen LogP contribution in [0.15, 0.2) is 59.9 Å². The molecule has 0 radical (unpaired) electrons. The fourth-order valence-electron chi connectivity index (χ4n) is 3.08. The molecule has 0 saturated carbocycles. The number of hydrogen-bond acceptors (Lipinski definition) is 3. The zero-order valence-corrected chi connectivity index (χ0v) is 19.4. The maximum Gasteiger partial charge on any atom is 0.191 e. The molecule has 0 unspecified atom stereocenters. The topological polar surface area (TPSA) is 63.5 Å². The fourth-order valence-corrected chi connectivity index (χ4v) is 3.08. The van der Waals surface area contributed by atoms with Crippen molar-refractivity contribution in [2.75, 3.05) is 26.7 Å². The van der Waals surface area contributed by atoms with Crippen LogP contribution >= 0.6 is 24.0 Å². The molecule has 29 heavy (non-hydrogen) atoms. The second-order valence-corrected chi connectivity index (χ2v) is 6.57. The van der Waals surface area contributed by atoms with Gasteiger partial charge in [0.2, 0.25) is 0 Å². The molecule has 0 fully saturated rings. The highest BCUT2D eigenvalue weighted by atomic mass is 127. The van der Waals surface area contributed by atoms with E-state index in [1.807, 2.05) is 30.6 Å². The number of rotatable bonds is 9. The number of fused-ring (bicyclic) bond motifs is 1. The van der Waals surface area contributed by atoms with E-state index in [2.05, 4.69) is 51.4 Å². The van der Waals surface area contributed by atoms with Gasteiger partial charge < -0.3 is 19.9 Å². The molecule has 3 aromatic rings. The number of aromatic nitrogens is 2. The first-order chi connectivity index (χ1) is 13.8. The third-order valence-corrected chi connectivity index (χ3v) is 4.56. The first-order valence-corrected chi connectivity index (χ1v) is 9.85. The van der Waals surface area contributed by atoms with Crippen LogP contribution < -0.4 is 15.4 Å². The molecule has 1 heterocycles. The van der Waals surface area contributed by atoms with Crippen LogP contribution in [0.2, 0.25) is 0 Å². The van der Waals surface area contributed by atoms with Gasteiger partial charge in [0.15, 0.2) is 5.96 Å². The number of hydrogen-bond donors (Lipinski definition) is 2. The van der Waals surface area contributed by atoms with Gasteiger partial charge in [-0.15, -0.1) is 24.0 Å². The van der Waals surface area contributed by atoms with Crippen molar-refractivity contribution in [3.8, 4) is 5.75 Å². The Bertz CT molecular complexity index is 892. The van der Waals surface area contributed by atoms with Crippen LogP contribution in [0.3, 0.4) is 0 Å². The predicted octanol–water partition coefficient (Wildman–Crippen LogP) is 3.85. The molecule has 0 bridgehead atoms. The number of halogens is 1. The highest BCUT2D eigenvalue weighted by molar-refractivity contribution is 14.0. The van der Waals surface area contributed by atoms with Gasteiger partial charge in [-0.3, -0.25) is 4.99 Å². The molecular formula is C22H30IN5O. The minimum Gasteiger partial charge on any atom is -0.497 e. The molecule has 0 spiro atoms. The van der Waals surface area contributed by atoms with Gasteiger partial charge in [0.1, 0.15) is 5.75 Å². The standard InChI is InChI=1S/C22H29N5O.HI/c1-3-23-22(25-15-13-18-9-11-19(28-2)12-10-18)24-14-6-16-27-17-26-20-7-4-5-8-21(20)27;/h4-5,7-12,17H,3,6,13-16H2,1-2H3,(H2,23,24,25);1H. The van der Waals surface area contributed by atoms with Gasteiger partial charge in [0.25, 0.3) is 0 Å². The lowest BCUT2D eigenvalue weighted by molar-refractivity contribution is 0.414. The average molecular weight is 507 g/mol. The van der Waals surface area contributed by atoms with Crippen molar-refractivity contribution in [1.29, 1.82) is 0 Å². The summed E-state index contributed by atoms with van der Waals surface area (Å²) in [4.78, 5) is 9.13. The Morgan fingerprint density at radius 1 is 1.10 bits per heavy atom. The molecule has 0 aliphatic rings. The van der Waals surface area contributed by atoms with Crippen LogP contribution in [0.4, 0.5) is 0 Å². The zero-order valence-electron chi connectivity index (χ0n) is 17.1. The third-order valence-electron chi connectivity index (χ3n) is 4.56. The molecule has 7 heteroatoms. The molecule has 0 aliphatic heterocycles. The predicted molar refractivity (Wildman–Crippen MR) is 130 cm³/mol. The maximum atomic E-state index is 5.20. The Kier molecular flexibility index (Phi) is 9.76. The van der Waals surface area contributed by atoms with Crippen LogP contribution in [0.5, 0.6) is 5.75 Å². The van der Waals surface area contributed by atoms with Crippen molar-refractivity contribution >= 4 is 41.0 Å². The van der Waals surface area contributed by atoms with E-state index in [-0.39, 0.29) is 24.0 Å². The number of para-hydroxylation sites is 2. The van der Waals surface area contributed by atoms with E-state index in [9.17, 15) is 0 Å². The van der Waals surface area contributed by atoms with E-state index in [1.54, 1.807) is 7.11 Å². The van der Waals surface area contributed by atoms with E-state index in [0.717, 1.165) is 56.2 Å². The van der Waals surface area contributed by atoms with Gasteiger partial charge in [-0.05, 0) is 49.6 Å². The average Bonchev–Trinajstić information content (AvgIpc) is 3.15. The van der Waals surface area contributed by atoms with Crippen molar-refractivity contribution in [2.45, 2.75) is 26.3 Å². The number of aryl methyl sites for hydroxylation is 1. The molecule has 2 aromatic carbocycles. The smallest absolute Gasteiger partial charge is 0.191 e. The molecular weight excluding hydrogens is 477 g/mol. The number of imidazole rings is 1. The van der Waals surface area contributed by atoms with Crippen LogP contribution in [-0.4, -0.2) is 42.3 Å². The fraction of sp³-hybridized carbons (Fsp3) is 0.364. The lowest BCUT2D eigenvalue weighted by Gasteiger charge is -2.11. The van der Waals surface area contributed by atoms with Gasteiger partial charge in [0, 0.05) is 26.2 Å². The first kappa shape index (κ1) is 23.0. The van der Waals surface area contributed by atoms with Crippen LogP contribution in [0.1, 0.15) is 18.9 Å². The molecule has 2 N–H and O–H groups in total. The highest BCUT2D eigenvalue weighted by Gasteiger charge is 2.02. The van der Waals surface area contributed by atoms with Gasteiger partial charge in [0.05, 0.1) is 24.5 Å². The first-order valence-electron chi connectivity index (χ1n) is 9.85. The molecule has 0 aliphatic carbocycles. The molecule has 6 nitrogen and oxygen atoms in total. The van der Waals surface area contributed by atoms with Crippen molar-refractivity contribution in [3.05, 3.63) is 60.4 Å². The summed E-state index contributed by atoms with van der Waals surface area (Å²) in [6.07, 6.45) is 3.82. The molecule has 156 valence electrons. The lowest BCUT2D eigenvalue weighted by Crippen LogP contribution is -2.38. The number of methoxy groups -OCH3 is 1. The summed E-state index contributed by atoms with van der Waals surface area (Å²) < 4.78 is 7.39. The number of benzene rings is 2. The van der Waals surface area contributed by atoms with E-state index in [1.165, 1.54) is 11.1 Å². The van der Waals surface area contributed by atoms with Crippen molar-refractivity contribution in [3.63, 3.8) is 0 Å². The number of guanidine groups is 1. The molecule has 1 aromatic heterocycles. The van der Waals surface area contributed by atoms with Crippen molar-refractivity contribution in [2.24, 2.45) is 4.99 Å². The quantitative estimate of drug-likeness (QED) is 0.200. The van der Waals surface area contributed by atoms with E-state index in [4.69, 9.17) is 9.73 Å². The molecule has 0 amide bonds. The molecule has 0 saturated heterocycles. The normalized spacial score (nSPS) is 11.2. The highest BCUT2D eigenvalue weighted by Crippen LogP contribution is 2.12. The van der Waals surface area contributed by atoms with Crippen LogP contribution in [0.25, 0.3) is 11.0 Å². The summed E-state index contributed by atoms with van der Waals surface area (Å²) in [5, 5.41) is 6.72. The minimum atomic E-state index is 0. The number of nitrogens with zero attached hydrogens (tertiary/aromatic N) is 3. The Labute approximate surface area is 189 Å². The summed E-state index contributed by atoms with van der Waals surface area (Å²) in [6.45, 7) is 5.45. The summed E-state index contributed by atoms with van der Waals surface area (Å²) in [5.41, 5.74) is 3.49. The molecule has 3 rings (SSSR count). The lowest BCUT2D eigenvalue weighted by atomic mass is 10.1. The maximum absolute atomic E-state index is 5.20. The van der Waals surface area contributed by atoms with E-state index >= 15 is 0 Å². The van der Waals surface area contributed by atoms with E-state index < -0.39 is 0 Å². The third kappa shape index (κ3) is 6.92. The second-order valence-electron chi connectivity index (χ2n) is 6.57. The second kappa shape index (κ2) is 12.3. The Balaban J connectivity index is 0.00000300. The zero-order chi connectivity index (χ0) is 19.6. The SMILES string of the molecule is CCNC(=NCCCn1cnc2ccccc21)NCCc1ccc(OC)cc1.I. The largest absolute Gasteiger partial charge is 0.497 e. The number of ether oxygens (including phenoxy) is 1. The Morgan fingerprint density at radius 3 is 2.66 bits per heavy atom. The van der Waals surface area contributed by atoms with Crippen LogP contribution in [-0.2, 0) is 13.0 Å². The number of nitrogens with one attached hydrogen (secondary N) is 2. The Morgan fingerprint density at radius 2 is 1.90 bits per heavy atom. The van der Waals surface area contributed by atoms with Crippen molar-refractivity contribution < 1.29 is 4.74 Å². The van der Waals surface area contributed by atoms with Gasteiger partial charge >= 0.3 is 0 Å². The minimum absolute atomic E-state index is 0. The van der Waals surface area contributed by atoms with Gasteiger partial charge in [-0.2, -0.15) is 0 Å². The monoisotopic (exact) mass is 507 g/mol. The van der Waals surface area contributed by atoms with E-state index in [0.29, 0.717) is 0 Å². The summed E-state index contributed by atoms with van der Waals surface area (Å²) in [7, 11) is 1.69. The van der Waals surface area contributed by atoms with Crippen molar-refractivity contribution in [1.82, 2.24) is 20.2 Å². The molecule has 0 atom stereocenters. The summed E-state index contributed by atoms with van der Waals surface area (Å²) in [5.74, 6) is 1.75. The summed E-state index contributed by atoms with van der Waals surface area (Å²) in [6, 6.07) is 16.4. The summed E-state index contributed by atoms with van der Waals surface area (Å²) >= 11 is 0.